The Hall–Kier alpha value is -9.24. The van der Waals surface area contributed by atoms with Crippen LogP contribution in [-0.4, -0.2) is 140 Å². The number of nitrogens with zero attached hydrogens (tertiary/aromatic N) is 3. The highest BCUT2D eigenvalue weighted by Crippen LogP contribution is 2.41. The lowest BCUT2D eigenvalue weighted by molar-refractivity contribution is 0.110. The Balaban J connectivity index is 0.000000147. The Bertz CT molecular complexity index is 4350. The summed E-state index contributed by atoms with van der Waals surface area (Å²) in [6.45, 7) is 22.3. The number of aliphatic hydroxyl groups excluding tert-OH is 3. The number of furan rings is 2. The van der Waals surface area contributed by atoms with E-state index >= 15 is 0 Å². The number of aryl methyl sites for hydroxylation is 2. The molecule has 6 N–H and O–H groups in total. The number of phenols is 1. The molecule has 9 aromatic carbocycles. The zero-order valence-electron chi connectivity index (χ0n) is 61.4. The summed E-state index contributed by atoms with van der Waals surface area (Å²) < 4.78 is 12.4. The molecule has 0 amide bonds. The molecule has 0 atom stereocenters. The van der Waals surface area contributed by atoms with Gasteiger partial charge in [-0.3, -0.25) is 4.90 Å². The van der Waals surface area contributed by atoms with Crippen LogP contribution in [0.1, 0.15) is 137 Å². The topological polar surface area (TPSA) is 141 Å². The molecule has 0 radical (unpaired) electrons. The lowest BCUT2D eigenvalue weighted by Gasteiger charge is -2.42. The molecule has 3 aliphatic heterocycles. The molecule has 0 saturated carbocycles. The van der Waals surface area contributed by atoms with Crippen molar-refractivity contribution in [2.45, 2.75) is 91.0 Å². The van der Waals surface area contributed by atoms with Crippen molar-refractivity contribution in [1.82, 2.24) is 25.3 Å². The van der Waals surface area contributed by atoms with Crippen LogP contribution in [0.4, 0.5) is 0 Å². The number of hydrogen-bond acceptors (Lipinski definition) is 11. The molecule has 538 valence electrons. The van der Waals surface area contributed by atoms with E-state index in [4.69, 9.17) is 8.83 Å². The fraction of sp³-hybridized carbons (Fsp3) is 0.312. The summed E-state index contributed by atoms with van der Waals surface area (Å²) >= 11 is 0. The van der Waals surface area contributed by atoms with Crippen molar-refractivity contribution < 1.29 is 29.3 Å². The standard InChI is InChI=1S/C32H36N2O2.C31H34N2O3.C30H35NO/c1-24-9-11-26(12-10-24)32(30(8-5-21-35)25-6-3-2-4-7-25)27-13-14-31-28(22-27)23-29(36-31)15-18-34-19-16-33-17-20-34;34-20-4-7-29(23-5-2-1-3-6-23)31(24-8-11-27(35)12-9-24)25-10-13-30-26(21-25)22-28(36-30)14-17-33-18-15-32-16-19-33;1-22(2)31-20-28(21-31)24-15-17-27(18-16-24)30(26-13-11-23(3)12-14-26)29(10-7-19-32)25-8-5-4-6-9-25/h2-4,6-7,9-14,22-23,33,35H,5,8,15-21H2,1H3;1-3,5-6,8-13,21-22,32,34-35H,4,7,14-20H2;4-6,8-9,11-18,22,28,32H,7,10,19-21H2,1-3H3/b32-30-;31-29-;30-29-. The first-order valence-electron chi connectivity index (χ1n) is 37.9. The van der Waals surface area contributed by atoms with E-state index in [0.717, 1.165) is 179 Å². The molecule has 3 aliphatic rings. The smallest absolute Gasteiger partial charge is 0.134 e. The summed E-state index contributed by atoms with van der Waals surface area (Å²) in [6, 6.07) is 83.8. The Morgan fingerprint density at radius 2 is 0.740 bits per heavy atom. The Labute approximate surface area is 616 Å². The van der Waals surface area contributed by atoms with Gasteiger partial charge in [0.2, 0.25) is 0 Å². The van der Waals surface area contributed by atoms with Gasteiger partial charge in [0.05, 0.1) is 0 Å². The molecule has 0 spiro atoms. The van der Waals surface area contributed by atoms with Gasteiger partial charge in [0.1, 0.15) is 28.4 Å². The first-order valence-corrected chi connectivity index (χ1v) is 37.9. The minimum Gasteiger partial charge on any atom is -0.508 e. The second-order valence-corrected chi connectivity index (χ2v) is 28.4. The van der Waals surface area contributed by atoms with Crippen molar-refractivity contribution in [3.8, 4) is 5.75 Å². The predicted octanol–water partition coefficient (Wildman–Crippen LogP) is 17.8. The number of fused-ring (bicyclic) bond motifs is 2. The summed E-state index contributed by atoms with van der Waals surface area (Å²) in [7, 11) is 0. The number of benzene rings is 9. The second kappa shape index (κ2) is 37.5. The second-order valence-electron chi connectivity index (χ2n) is 28.4. The molecule has 3 saturated heterocycles. The van der Waals surface area contributed by atoms with Crippen LogP contribution in [0.15, 0.2) is 245 Å². The van der Waals surface area contributed by atoms with E-state index < -0.39 is 0 Å². The highest BCUT2D eigenvalue weighted by Gasteiger charge is 2.30. The average Bonchev–Trinajstić information content (AvgIpc) is 1.30. The minimum absolute atomic E-state index is 0.135. The van der Waals surface area contributed by atoms with Crippen molar-refractivity contribution in [2.75, 3.05) is 98.4 Å². The SMILES string of the molecule is Cc1ccc(/C(=C(\CCCO)c2ccccc2)c2ccc(C3CN(C(C)C)C3)cc2)cc1.Cc1ccc(/C(=C(\CCCO)c2ccccc2)c2ccc3oc(CCN4CCNCC4)cc3c2)cc1.OCCC/C(=C(\c1ccc(O)cc1)c1ccc2oc(CCN3CCNCC3)cc2c1)c1ccccc1. The fourth-order valence-electron chi connectivity index (χ4n) is 14.8. The maximum absolute atomic E-state index is 9.93. The van der Waals surface area contributed by atoms with Crippen LogP contribution in [-0.2, 0) is 12.8 Å². The van der Waals surface area contributed by atoms with Gasteiger partial charge in [-0.25, -0.2) is 0 Å². The molecule has 0 bridgehead atoms. The number of piperazine rings is 2. The molecule has 2 aromatic heterocycles. The van der Waals surface area contributed by atoms with Crippen molar-refractivity contribution >= 4 is 55.4 Å². The van der Waals surface area contributed by atoms with Crippen LogP contribution in [0.25, 0.3) is 55.4 Å². The van der Waals surface area contributed by atoms with Crippen LogP contribution in [0.3, 0.4) is 0 Å². The Kier molecular flexibility index (Phi) is 26.8. The zero-order chi connectivity index (χ0) is 72.0. The van der Waals surface area contributed by atoms with Crippen LogP contribution in [0.2, 0.25) is 0 Å². The quantitative estimate of drug-likeness (QED) is 0.0289. The van der Waals surface area contributed by atoms with Crippen LogP contribution in [0, 0.1) is 13.8 Å². The number of likely N-dealkylation sites (tertiary alicyclic amines) is 1. The molecule has 5 heterocycles. The minimum atomic E-state index is 0.135. The number of allylic oxidation sites excluding steroid dienone is 3. The third-order valence-electron chi connectivity index (χ3n) is 20.7. The molecular weight excluding hydrogens is 1280 g/mol. The van der Waals surface area contributed by atoms with E-state index in [9.17, 15) is 20.4 Å². The van der Waals surface area contributed by atoms with E-state index in [-0.39, 0.29) is 25.6 Å². The molecule has 11 aromatic rings. The van der Waals surface area contributed by atoms with Gasteiger partial charge in [-0.2, -0.15) is 0 Å². The molecular formula is C93H105N5O6. The van der Waals surface area contributed by atoms with Gasteiger partial charge < -0.3 is 49.7 Å². The Morgan fingerprint density at radius 1 is 0.404 bits per heavy atom. The summed E-state index contributed by atoms with van der Waals surface area (Å²) in [5.74, 6) is 2.94. The van der Waals surface area contributed by atoms with Gasteiger partial charge in [-0.1, -0.05) is 199 Å². The number of hydrogen-bond donors (Lipinski definition) is 6. The fourth-order valence-corrected chi connectivity index (χ4v) is 14.8. The number of aliphatic hydroxyl groups is 3. The average molecular weight is 1390 g/mol. The van der Waals surface area contributed by atoms with Crippen molar-refractivity contribution in [2.24, 2.45) is 0 Å². The van der Waals surface area contributed by atoms with E-state index in [1.54, 1.807) is 12.1 Å². The molecule has 0 aliphatic carbocycles. The van der Waals surface area contributed by atoms with E-state index in [1.165, 1.54) is 77.9 Å². The summed E-state index contributed by atoms with van der Waals surface area (Å²) in [4.78, 5) is 7.51. The highest BCUT2D eigenvalue weighted by molar-refractivity contribution is 6.02. The largest absolute Gasteiger partial charge is 0.508 e. The first kappa shape index (κ1) is 74.5. The van der Waals surface area contributed by atoms with Gasteiger partial charge in [0, 0.05) is 134 Å². The molecule has 3 fully saturated rings. The molecule has 11 nitrogen and oxygen atoms in total. The van der Waals surface area contributed by atoms with Gasteiger partial charge in [0.25, 0.3) is 0 Å². The van der Waals surface area contributed by atoms with Gasteiger partial charge >= 0.3 is 0 Å². The lowest BCUT2D eigenvalue weighted by atomic mass is 9.85. The maximum Gasteiger partial charge on any atom is 0.134 e. The summed E-state index contributed by atoms with van der Waals surface area (Å²) in [6.07, 6.45) is 6.38. The summed E-state index contributed by atoms with van der Waals surface area (Å²) in [5.41, 5.74) is 23.7. The third-order valence-corrected chi connectivity index (χ3v) is 20.7. The van der Waals surface area contributed by atoms with Crippen molar-refractivity contribution in [3.05, 3.63) is 315 Å². The number of aromatic hydroxyl groups is 1. The Morgan fingerprint density at radius 3 is 1.10 bits per heavy atom. The highest BCUT2D eigenvalue weighted by atomic mass is 16.3. The maximum atomic E-state index is 9.93. The van der Waals surface area contributed by atoms with Crippen LogP contribution >= 0.6 is 0 Å². The van der Waals surface area contributed by atoms with Crippen molar-refractivity contribution in [1.29, 1.82) is 0 Å². The van der Waals surface area contributed by atoms with Crippen LogP contribution in [0.5, 0.6) is 5.75 Å². The molecule has 11 heteroatoms. The van der Waals surface area contributed by atoms with Crippen molar-refractivity contribution in [3.63, 3.8) is 0 Å². The molecule has 14 rings (SSSR count). The molecule has 104 heavy (non-hydrogen) atoms. The van der Waals surface area contributed by atoms with Gasteiger partial charge in [0.15, 0.2) is 0 Å². The number of rotatable bonds is 26. The van der Waals surface area contributed by atoms with E-state index in [1.807, 2.05) is 30.3 Å². The first-order chi connectivity index (χ1) is 51.0. The van der Waals surface area contributed by atoms with E-state index in [2.05, 4.69) is 247 Å². The lowest BCUT2D eigenvalue weighted by Crippen LogP contribution is -2.48. The van der Waals surface area contributed by atoms with Gasteiger partial charge in [-0.05, 0) is 204 Å². The van der Waals surface area contributed by atoms with Gasteiger partial charge in [-0.15, -0.1) is 0 Å². The number of nitrogens with one attached hydrogen (secondary N) is 2. The monoisotopic (exact) mass is 1390 g/mol. The van der Waals surface area contributed by atoms with E-state index in [0.29, 0.717) is 18.4 Å². The molecule has 0 unspecified atom stereocenters. The summed E-state index contributed by atoms with van der Waals surface area (Å²) in [5, 5.41) is 47.9. The predicted molar refractivity (Wildman–Crippen MR) is 431 cm³/mol. The number of phenolic OH excluding ortho intramolecular Hbond substituents is 1. The normalized spacial score (nSPS) is 15.3. The third kappa shape index (κ3) is 19.8. The zero-order valence-corrected chi connectivity index (χ0v) is 61.4. The van der Waals surface area contributed by atoms with Crippen LogP contribution < -0.4 is 10.6 Å².